The Morgan fingerprint density at radius 1 is 1.21 bits per heavy atom. The van der Waals surface area contributed by atoms with Gasteiger partial charge in [0, 0.05) is 30.8 Å². The fourth-order valence-corrected chi connectivity index (χ4v) is 3.91. The molecule has 1 aromatic carbocycles. The molecule has 2 atom stereocenters. The van der Waals surface area contributed by atoms with Crippen LogP contribution in [0.2, 0.25) is 0 Å². The van der Waals surface area contributed by atoms with E-state index in [1.807, 2.05) is 0 Å². The summed E-state index contributed by atoms with van der Waals surface area (Å²) in [6.07, 6.45) is -3.33. The third kappa shape index (κ3) is 4.96. The van der Waals surface area contributed by atoms with Crippen molar-refractivity contribution in [1.29, 1.82) is 5.26 Å². The molecule has 1 N–H and O–H groups in total. The Morgan fingerprint density at radius 2 is 1.97 bits per heavy atom. The van der Waals surface area contributed by atoms with Crippen molar-refractivity contribution < 1.29 is 32.0 Å². The van der Waals surface area contributed by atoms with Gasteiger partial charge in [-0.25, -0.2) is 4.79 Å². The first-order chi connectivity index (χ1) is 16.3. The van der Waals surface area contributed by atoms with Gasteiger partial charge in [-0.1, -0.05) is 17.3 Å². The molecule has 2 aliphatic heterocycles. The Labute approximate surface area is 192 Å². The molecule has 0 saturated carbocycles. The molecule has 4 rings (SSSR count). The number of rotatable bonds is 4. The van der Waals surface area contributed by atoms with Crippen molar-refractivity contribution in [2.24, 2.45) is 0 Å². The van der Waals surface area contributed by atoms with Crippen molar-refractivity contribution in [2.45, 2.75) is 31.1 Å². The molecule has 10 nitrogen and oxygen atoms in total. The molecule has 2 saturated heterocycles. The lowest BCUT2D eigenvalue weighted by Crippen LogP contribution is -2.57. The maximum Gasteiger partial charge on any atom is 0.471 e. The van der Waals surface area contributed by atoms with Gasteiger partial charge in [0.2, 0.25) is 5.82 Å². The highest BCUT2D eigenvalue weighted by Gasteiger charge is 2.39. The molecule has 180 valence electrons. The molecule has 0 bridgehead atoms. The van der Waals surface area contributed by atoms with Gasteiger partial charge in [-0.2, -0.15) is 23.4 Å². The Hall–Kier alpha value is -3.66. The Kier molecular flexibility index (Phi) is 6.69. The van der Waals surface area contributed by atoms with Crippen LogP contribution < -0.4 is 5.32 Å². The second-order valence-electron chi connectivity index (χ2n) is 7.89. The SMILES string of the molecule is N#CC1CCCN1C(=O)N1CCOC[C@@H]1CNC(=O)c1ccc(-c2noc(C(F)(F)F)n2)cc1. The number of hydrogen-bond acceptors (Lipinski definition) is 7. The minimum absolute atomic E-state index is 0.136. The first-order valence-corrected chi connectivity index (χ1v) is 10.6. The summed E-state index contributed by atoms with van der Waals surface area (Å²) in [7, 11) is 0. The predicted octanol–water partition coefficient (Wildman–Crippen LogP) is 2.29. The van der Waals surface area contributed by atoms with Crippen LogP contribution in [-0.2, 0) is 10.9 Å². The van der Waals surface area contributed by atoms with Crippen molar-refractivity contribution in [1.82, 2.24) is 25.3 Å². The number of carbonyl (C=O) groups is 2. The summed E-state index contributed by atoms with van der Waals surface area (Å²) in [4.78, 5) is 32.1. The zero-order valence-corrected chi connectivity index (χ0v) is 17.9. The van der Waals surface area contributed by atoms with Gasteiger partial charge in [-0.15, -0.1) is 0 Å². The summed E-state index contributed by atoms with van der Waals surface area (Å²) in [6.45, 7) is 1.62. The fraction of sp³-hybridized carbons (Fsp3) is 0.476. The lowest BCUT2D eigenvalue weighted by Gasteiger charge is -2.38. The number of benzene rings is 1. The quantitative estimate of drug-likeness (QED) is 0.715. The van der Waals surface area contributed by atoms with E-state index in [1.165, 1.54) is 24.3 Å². The minimum atomic E-state index is -4.74. The minimum Gasteiger partial charge on any atom is -0.377 e. The van der Waals surface area contributed by atoms with Crippen LogP contribution in [0, 0.1) is 11.3 Å². The van der Waals surface area contributed by atoms with Gasteiger partial charge < -0.3 is 24.4 Å². The third-order valence-corrected chi connectivity index (χ3v) is 5.69. The van der Waals surface area contributed by atoms with Gasteiger partial charge in [0.15, 0.2) is 0 Å². The smallest absolute Gasteiger partial charge is 0.377 e. The maximum absolute atomic E-state index is 13.0. The second-order valence-corrected chi connectivity index (χ2v) is 7.89. The number of amides is 3. The van der Waals surface area contributed by atoms with E-state index >= 15 is 0 Å². The van der Waals surface area contributed by atoms with Crippen LogP contribution in [0.15, 0.2) is 28.8 Å². The van der Waals surface area contributed by atoms with Crippen LogP contribution in [-0.4, -0.2) is 76.8 Å². The first-order valence-electron chi connectivity index (χ1n) is 10.6. The Bertz CT molecular complexity index is 1080. The number of likely N-dealkylation sites (tertiary alicyclic amines) is 1. The second kappa shape index (κ2) is 9.68. The topological polar surface area (TPSA) is 125 Å². The highest BCUT2D eigenvalue weighted by atomic mass is 19.4. The lowest BCUT2D eigenvalue weighted by molar-refractivity contribution is -0.159. The molecular formula is C21H21F3N6O4. The number of urea groups is 1. The van der Waals surface area contributed by atoms with E-state index in [1.54, 1.807) is 9.80 Å². The summed E-state index contributed by atoms with van der Waals surface area (Å²) in [5, 5.41) is 15.3. The zero-order chi connectivity index (χ0) is 24.3. The Balaban J connectivity index is 1.37. The number of nitrogens with one attached hydrogen (secondary N) is 1. The molecule has 34 heavy (non-hydrogen) atoms. The van der Waals surface area contributed by atoms with E-state index in [0.29, 0.717) is 26.1 Å². The molecule has 1 unspecified atom stereocenters. The standard InChI is InChI=1S/C21H21F3N6O4/c22-21(23,24)19-27-17(28-34-19)13-3-5-14(6-4-13)18(31)26-11-16-12-33-9-8-30(16)20(32)29-7-1-2-15(29)10-25/h3-6,15-16H,1-2,7-9,11-12H2,(H,26,31)/t15?,16-/m0/s1. The van der Waals surface area contributed by atoms with Crippen molar-refractivity contribution in [2.75, 3.05) is 32.8 Å². The number of aromatic nitrogens is 2. The number of nitrogens with zero attached hydrogens (tertiary/aromatic N) is 5. The zero-order valence-electron chi connectivity index (χ0n) is 17.9. The maximum atomic E-state index is 13.0. The monoisotopic (exact) mass is 478 g/mol. The van der Waals surface area contributed by atoms with E-state index in [-0.39, 0.29) is 36.1 Å². The molecule has 2 aliphatic rings. The van der Waals surface area contributed by atoms with E-state index in [2.05, 4.69) is 26.0 Å². The molecule has 1 aromatic heterocycles. The van der Waals surface area contributed by atoms with Crippen molar-refractivity contribution in [3.63, 3.8) is 0 Å². The number of nitriles is 1. The number of ether oxygens (including phenoxy) is 1. The molecule has 2 fully saturated rings. The molecule has 3 amide bonds. The van der Waals surface area contributed by atoms with Crippen LogP contribution in [0.3, 0.4) is 0 Å². The summed E-state index contributed by atoms with van der Waals surface area (Å²) >= 11 is 0. The molecule has 3 heterocycles. The first kappa shape index (κ1) is 23.5. The third-order valence-electron chi connectivity index (χ3n) is 5.69. The molecule has 0 radical (unpaired) electrons. The summed E-state index contributed by atoms with van der Waals surface area (Å²) in [6, 6.07) is 6.74. The fourth-order valence-electron chi connectivity index (χ4n) is 3.91. The van der Waals surface area contributed by atoms with Crippen molar-refractivity contribution in [3.8, 4) is 17.5 Å². The largest absolute Gasteiger partial charge is 0.471 e. The van der Waals surface area contributed by atoms with E-state index < -0.39 is 30.1 Å². The van der Waals surface area contributed by atoms with Gasteiger partial charge in [-0.3, -0.25) is 4.79 Å². The van der Waals surface area contributed by atoms with Gasteiger partial charge in [-0.05, 0) is 25.0 Å². The van der Waals surface area contributed by atoms with Gasteiger partial charge in [0.1, 0.15) is 6.04 Å². The number of halogens is 3. The highest BCUT2D eigenvalue weighted by molar-refractivity contribution is 5.94. The summed E-state index contributed by atoms with van der Waals surface area (Å²) in [5.41, 5.74) is 0.521. The van der Waals surface area contributed by atoms with Crippen molar-refractivity contribution in [3.05, 3.63) is 35.7 Å². The molecule has 0 aliphatic carbocycles. The van der Waals surface area contributed by atoms with Crippen molar-refractivity contribution >= 4 is 11.9 Å². The van der Waals surface area contributed by atoms with E-state index in [4.69, 9.17) is 4.74 Å². The number of carbonyl (C=O) groups excluding carboxylic acids is 2. The van der Waals surface area contributed by atoms with Gasteiger partial charge in [0.25, 0.3) is 5.91 Å². The van der Waals surface area contributed by atoms with Crippen LogP contribution in [0.4, 0.5) is 18.0 Å². The summed E-state index contributed by atoms with van der Waals surface area (Å²) in [5.74, 6) is -2.12. The van der Waals surface area contributed by atoms with Gasteiger partial charge in [0.05, 0.1) is 25.3 Å². The Morgan fingerprint density at radius 3 is 2.65 bits per heavy atom. The predicted molar refractivity (Wildman–Crippen MR) is 109 cm³/mol. The van der Waals surface area contributed by atoms with E-state index in [9.17, 15) is 28.0 Å². The molecule has 0 spiro atoms. The summed E-state index contributed by atoms with van der Waals surface area (Å²) < 4.78 is 47.6. The molecular weight excluding hydrogens is 457 g/mol. The molecule has 2 aromatic rings. The van der Waals surface area contributed by atoms with Crippen LogP contribution in [0.5, 0.6) is 0 Å². The van der Waals surface area contributed by atoms with Gasteiger partial charge >= 0.3 is 18.1 Å². The highest BCUT2D eigenvalue weighted by Crippen LogP contribution is 2.29. The number of morpholine rings is 1. The lowest BCUT2D eigenvalue weighted by atomic mass is 10.1. The number of alkyl halides is 3. The number of hydrogen-bond donors (Lipinski definition) is 1. The van der Waals surface area contributed by atoms with Crippen LogP contribution in [0.1, 0.15) is 29.1 Å². The molecule has 13 heteroatoms. The van der Waals surface area contributed by atoms with E-state index in [0.717, 1.165) is 6.42 Å². The van der Waals surface area contributed by atoms with Crippen LogP contribution >= 0.6 is 0 Å². The average molecular weight is 478 g/mol. The van der Waals surface area contributed by atoms with Crippen LogP contribution in [0.25, 0.3) is 11.4 Å². The normalized spacial score (nSPS) is 20.8. The average Bonchev–Trinajstić information content (AvgIpc) is 3.52.